The fourth-order valence-electron chi connectivity index (χ4n) is 2.56. The van der Waals surface area contributed by atoms with Crippen LogP contribution < -0.4 is 16.4 Å². The molecule has 3 rings (SSSR count). The highest BCUT2D eigenvalue weighted by molar-refractivity contribution is 5.81. The number of rotatable bonds is 4. The summed E-state index contributed by atoms with van der Waals surface area (Å²) in [4.78, 5) is 36.5. The number of nitrogens with zero attached hydrogens (tertiary/aromatic N) is 1. The summed E-state index contributed by atoms with van der Waals surface area (Å²) in [6, 6.07) is 14.3. The number of fused-ring (bicyclic) bond motifs is 1. The number of hydrogen-bond acceptors (Lipinski definition) is 3. The Kier molecular flexibility index (Phi) is 4.29. The first-order chi connectivity index (χ1) is 11.6. The van der Waals surface area contributed by atoms with E-state index in [1.807, 2.05) is 31.2 Å². The van der Waals surface area contributed by atoms with Gasteiger partial charge in [0.25, 0.3) is 11.1 Å². The van der Waals surface area contributed by atoms with E-state index in [2.05, 4.69) is 10.4 Å². The molecule has 2 aromatic carbocycles. The van der Waals surface area contributed by atoms with Crippen LogP contribution in [0.25, 0.3) is 10.8 Å². The zero-order valence-corrected chi connectivity index (χ0v) is 13.2. The number of H-pyrrole nitrogens is 1. The fourth-order valence-corrected chi connectivity index (χ4v) is 2.56. The van der Waals surface area contributed by atoms with Gasteiger partial charge < -0.3 is 5.32 Å². The zero-order chi connectivity index (χ0) is 17.1. The quantitative estimate of drug-likeness (QED) is 0.759. The lowest BCUT2D eigenvalue weighted by atomic mass is 10.1. The average molecular weight is 323 g/mol. The normalized spacial score (nSPS) is 10.7. The Labute approximate surface area is 137 Å². The van der Waals surface area contributed by atoms with Crippen molar-refractivity contribution in [1.82, 2.24) is 15.1 Å². The van der Waals surface area contributed by atoms with Gasteiger partial charge in [-0.2, -0.15) is 0 Å². The van der Waals surface area contributed by atoms with Crippen LogP contribution in [-0.2, 0) is 17.9 Å². The van der Waals surface area contributed by atoms with E-state index in [0.29, 0.717) is 17.3 Å². The number of carbonyl (C=O) groups is 1. The van der Waals surface area contributed by atoms with Gasteiger partial charge in [-0.15, -0.1) is 0 Å². The maximum atomic E-state index is 12.4. The van der Waals surface area contributed by atoms with Gasteiger partial charge in [-0.1, -0.05) is 36.4 Å². The molecular weight excluding hydrogens is 306 g/mol. The number of nitrogens with one attached hydrogen (secondary N) is 2. The Morgan fingerprint density at radius 1 is 1.04 bits per heavy atom. The van der Waals surface area contributed by atoms with E-state index < -0.39 is 11.1 Å². The molecule has 0 aliphatic rings. The molecule has 1 heterocycles. The van der Waals surface area contributed by atoms with Crippen LogP contribution in [0.5, 0.6) is 0 Å². The summed E-state index contributed by atoms with van der Waals surface area (Å²) in [5.41, 5.74) is 1.30. The molecule has 1 amide bonds. The number of aromatic nitrogens is 2. The van der Waals surface area contributed by atoms with Gasteiger partial charge in [0.2, 0.25) is 5.91 Å². The number of carbonyl (C=O) groups excluding carboxylic acids is 1. The summed E-state index contributed by atoms with van der Waals surface area (Å²) in [6.07, 6.45) is 0. The second-order valence-corrected chi connectivity index (χ2v) is 5.58. The van der Waals surface area contributed by atoms with E-state index >= 15 is 0 Å². The summed E-state index contributed by atoms with van der Waals surface area (Å²) < 4.78 is 1.04. The predicted molar refractivity (Wildman–Crippen MR) is 91.9 cm³/mol. The van der Waals surface area contributed by atoms with Crippen molar-refractivity contribution in [3.8, 4) is 0 Å². The molecule has 6 heteroatoms. The highest BCUT2D eigenvalue weighted by Gasteiger charge is 2.10. The standard InChI is InChI=1S/C18H17N3O3/c1-12-6-2-3-7-13(12)10-19-16(22)11-21-18(24)15-9-5-4-8-14(15)17(23)20-21/h2-9H,10-11H2,1H3,(H,19,22)(H,20,23). The first kappa shape index (κ1) is 15.7. The molecule has 24 heavy (non-hydrogen) atoms. The Morgan fingerprint density at radius 3 is 2.46 bits per heavy atom. The lowest BCUT2D eigenvalue weighted by molar-refractivity contribution is -0.122. The maximum Gasteiger partial charge on any atom is 0.273 e. The van der Waals surface area contributed by atoms with E-state index in [-0.39, 0.29) is 12.5 Å². The number of aromatic amines is 1. The lowest BCUT2D eigenvalue weighted by Crippen LogP contribution is -2.36. The van der Waals surface area contributed by atoms with Crippen LogP contribution in [0.1, 0.15) is 11.1 Å². The Morgan fingerprint density at radius 2 is 1.71 bits per heavy atom. The third-order valence-electron chi connectivity index (χ3n) is 3.92. The average Bonchev–Trinajstić information content (AvgIpc) is 2.59. The van der Waals surface area contributed by atoms with Crippen molar-refractivity contribution in [2.24, 2.45) is 0 Å². The summed E-state index contributed by atoms with van der Waals surface area (Å²) in [5, 5.41) is 5.83. The minimum atomic E-state index is -0.392. The first-order valence-corrected chi connectivity index (χ1v) is 7.59. The van der Waals surface area contributed by atoms with E-state index in [1.165, 1.54) is 0 Å². The van der Waals surface area contributed by atoms with Crippen molar-refractivity contribution in [1.29, 1.82) is 0 Å². The van der Waals surface area contributed by atoms with Gasteiger partial charge in [-0.3, -0.25) is 19.5 Å². The van der Waals surface area contributed by atoms with Crippen molar-refractivity contribution in [2.75, 3.05) is 0 Å². The van der Waals surface area contributed by atoms with E-state index in [9.17, 15) is 14.4 Å². The smallest absolute Gasteiger partial charge is 0.273 e. The molecule has 122 valence electrons. The highest BCUT2D eigenvalue weighted by atomic mass is 16.2. The summed E-state index contributed by atoms with van der Waals surface area (Å²) in [7, 11) is 0. The van der Waals surface area contributed by atoms with Crippen molar-refractivity contribution in [3.05, 3.63) is 80.4 Å². The van der Waals surface area contributed by atoms with Gasteiger partial charge in [0.05, 0.1) is 10.8 Å². The molecule has 3 aromatic rings. The molecule has 0 saturated heterocycles. The molecule has 0 atom stereocenters. The van der Waals surface area contributed by atoms with Crippen LogP contribution in [-0.4, -0.2) is 15.7 Å². The van der Waals surface area contributed by atoms with Crippen molar-refractivity contribution in [2.45, 2.75) is 20.0 Å². The molecule has 0 fully saturated rings. The van der Waals surface area contributed by atoms with E-state index in [0.717, 1.165) is 15.8 Å². The molecule has 0 saturated carbocycles. The molecular formula is C18H17N3O3. The monoisotopic (exact) mass is 323 g/mol. The highest BCUT2D eigenvalue weighted by Crippen LogP contribution is 2.06. The van der Waals surface area contributed by atoms with Gasteiger partial charge in [-0.25, -0.2) is 4.68 Å². The third-order valence-corrected chi connectivity index (χ3v) is 3.92. The third kappa shape index (κ3) is 3.12. The predicted octanol–water partition coefficient (Wildman–Crippen LogP) is 1.31. The first-order valence-electron chi connectivity index (χ1n) is 7.59. The van der Waals surface area contributed by atoms with Gasteiger partial charge in [0, 0.05) is 6.54 Å². The number of benzene rings is 2. The lowest BCUT2D eigenvalue weighted by Gasteiger charge is -2.09. The summed E-state index contributed by atoms with van der Waals surface area (Å²) in [5.74, 6) is -0.341. The number of aryl methyl sites for hydroxylation is 1. The molecule has 2 N–H and O–H groups in total. The van der Waals surface area contributed by atoms with E-state index in [1.54, 1.807) is 24.3 Å². The topological polar surface area (TPSA) is 84.0 Å². The van der Waals surface area contributed by atoms with Crippen molar-refractivity contribution in [3.63, 3.8) is 0 Å². The molecule has 0 unspecified atom stereocenters. The second kappa shape index (κ2) is 6.54. The molecule has 6 nitrogen and oxygen atoms in total. The van der Waals surface area contributed by atoms with Gasteiger partial charge >= 0.3 is 0 Å². The van der Waals surface area contributed by atoms with Crippen molar-refractivity contribution < 1.29 is 4.79 Å². The molecule has 1 aromatic heterocycles. The summed E-state index contributed by atoms with van der Waals surface area (Å²) >= 11 is 0. The van der Waals surface area contributed by atoms with Crippen LogP contribution in [0, 0.1) is 6.92 Å². The van der Waals surface area contributed by atoms with Gasteiger partial charge in [0.15, 0.2) is 0 Å². The largest absolute Gasteiger partial charge is 0.350 e. The Bertz CT molecular complexity index is 1020. The van der Waals surface area contributed by atoms with Crippen LogP contribution in [0.2, 0.25) is 0 Å². The van der Waals surface area contributed by atoms with E-state index in [4.69, 9.17) is 0 Å². The fraction of sp³-hybridized carbons (Fsp3) is 0.167. The molecule has 0 radical (unpaired) electrons. The molecule has 0 bridgehead atoms. The Balaban J connectivity index is 1.79. The number of hydrogen-bond donors (Lipinski definition) is 2. The van der Waals surface area contributed by atoms with Crippen LogP contribution >= 0.6 is 0 Å². The number of amides is 1. The SMILES string of the molecule is Cc1ccccc1CNC(=O)Cn1[nH]c(=O)c2ccccc2c1=O. The zero-order valence-electron chi connectivity index (χ0n) is 13.2. The van der Waals surface area contributed by atoms with Crippen molar-refractivity contribution >= 4 is 16.7 Å². The maximum absolute atomic E-state index is 12.4. The van der Waals surface area contributed by atoms with Gasteiger partial charge in [0.1, 0.15) is 6.54 Å². The molecule has 0 aliphatic carbocycles. The Hall–Kier alpha value is -3.15. The van der Waals surface area contributed by atoms with Gasteiger partial charge in [-0.05, 0) is 30.2 Å². The molecule has 0 aliphatic heterocycles. The minimum Gasteiger partial charge on any atom is -0.350 e. The molecule has 0 spiro atoms. The van der Waals surface area contributed by atoms with Crippen LogP contribution in [0.15, 0.2) is 58.1 Å². The van der Waals surface area contributed by atoms with Crippen LogP contribution in [0.3, 0.4) is 0 Å². The van der Waals surface area contributed by atoms with Crippen LogP contribution in [0.4, 0.5) is 0 Å². The minimum absolute atomic E-state index is 0.231. The summed E-state index contributed by atoms with van der Waals surface area (Å²) in [6.45, 7) is 2.11. The second-order valence-electron chi connectivity index (χ2n) is 5.58.